The Morgan fingerprint density at radius 1 is 1.09 bits per heavy atom. The summed E-state index contributed by atoms with van der Waals surface area (Å²) in [5.74, 6) is 2.72. The second-order valence-electron chi connectivity index (χ2n) is 9.17. The second-order valence-corrected chi connectivity index (χ2v) is 9.17. The van der Waals surface area contributed by atoms with Crippen LogP contribution < -0.4 is 25.0 Å². The van der Waals surface area contributed by atoms with E-state index < -0.39 is 0 Å². The number of amides is 1. The van der Waals surface area contributed by atoms with Crippen molar-refractivity contribution in [2.24, 2.45) is 0 Å². The van der Waals surface area contributed by atoms with Crippen LogP contribution in [0.25, 0.3) is 10.9 Å². The van der Waals surface area contributed by atoms with E-state index in [2.05, 4.69) is 22.5 Å². The highest BCUT2D eigenvalue weighted by Gasteiger charge is 2.22. The highest BCUT2D eigenvalue weighted by Crippen LogP contribution is 2.32. The van der Waals surface area contributed by atoms with Gasteiger partial charge < -0.3 is 25.0 Å². The maximum absolute atomic E-state index is 12.3. The molecule has 1 amide bonds. The van der Waals surface area contributed by atoms with Crippen molar-refractivity contribution in [1.82, 2.24) is 15.3 Å². The van der Waals surface area contributed by atoms with Gasteiger partial charge in [-0.3, -0.25) is 4.79 Å². The minimum absolute atomic E-state index is 0.00889. The molecule has 0 saturated carbocycles. The van der Waals surface area contributed by atoms with Gasteiger partial charge in [0.05, 0.1) is 23.6 Å². The molecule has 0 bridgehead atoms. The molecule has 2 aliphatic heterocycles. The first kappa shape index (κ1) is 23.4. The third kappa shape index (κ3) is 5.65. The maximum Gasteiger partial charge on any atom is 0.241 e. The third-order valence-electron chi connectivity index (χ3n) is 6.48. The molecule has 0 radical (unpaired) electrons. The van der Waals surface area contributed by atoms with Gasteiger partial charge in [-0.1, -0.05) is 13.3 Å². The van der Waals surface area contributed by atoms with Crippen LogP contribution >= 0.6 is 0 Å². The van der Waals surface area contributed by atoms with Crippen LogP contribution in [-0.2, 0) is 4.79 Å². The van der Waals surface area contributed by atoms with Crippen molar-refractivity contribution >= 4 is 28.4 Å². The first-order chi connectivity index (χ1) is 17.2. The van der Waals surface area contributed by atoms with Crippen molar-refractivity contribution in [3.05, 3.63) is 42.5 Å². The van der Waals surface area contributed by atoms with Gasteiger partial charge in [0.15, 0.2) is 0 Å². The molecular formula is C27H33N5O3. The number of unbranched alkanes of at least 4 members (excludes halogenated alkanes) is 1. The fourth-order valence-electron chi connectivity index (χ4n) is 4.49. The van der Waals surface area contributed by atoms with Crippen molar-refractivity contribution in [3.63, 3.8) is 0 Å². The van der Waals surface area contributed by atoms with Crippen molar-refractivity contribution in [2.45, 2.75) is 51.5 Å². The van der Waals surface area contributed by atoms with E-state index in [0.717, 1.165) is 67.9 Å². The van der Waals surface area contributed by atoms with Gasteiger partial charge in [-0.05, 0) is 81.1 Å². The Labute approximate surface area is 206 Å². The number of rotatable bonds is 9. The second kappa shape index (κ2) is 10.9. The van der Waals surface area contributed by atoms with E-state index in [9.17, 15) is 4.79 Å². The molecule has 2 saturated heterocycles. The van der Waals surface area contributed by atoms with E-state index in [1.165, 1.54) is 12.8 Å². The minimum Gasteiger partial charge on any atom is -0.477 e. The molecule has 1 aromatic heterocycles. The molecule has 0 spiro atoms. The molecule has 2 fully saturated rings. The lowest BCUT2D eigenvalue weighted by Gasteiger charge is -2.18. The number of anilines is 2. The van der Waals surface area contributed by atoms with E-state index in [1.807, 2.05) is 42.5 Å². The van der Waals surface area contributed by atoms with Crippen LogP contribution in [0.1, 0.15) is 45.4 Å². The molecule has 184 valence electrons. The summed E-state index contributed by atoms with van der Waals surface area (Å²) < 4.78 is 12.2. The summed E-state index contributed by atoms with van der Waals surface area (Å²) in [6.07, 6.45) is 6.28. The standard InChI is InChI=1S/C27H33N5O3/c1-2-3-17-34-26-22-18-21(12-13-23(22)30-27(31-26)32-15-4-5-16-32)35-20-10-8-19(9-11-20)29-25(33)24-7-6-14-28-24/h8-13,18,24,28H,2-7,14-17H2,1H3,(H,29,33)/t24-/m0/s1. The Bertz CT molecular complexity index is 1160. The van der Waals surface area contributed by atoms with Gasteiger partial charge in [0.25, 0.3) is 0 Å². The molecule has 2 N–H and O–H groups in total. The molecule has 1 atom stereocenters. The maximum atomic E-state index is 12.3. The van der Waals surface area contributed by atoms with E-state index in [0.29, 0.717) is 24.0 Å². The molecule has 5 rings (SSSR count). The minimum atomic E-state index is -0.106. The fourth-order valence-corrected chi connectivity index (χ4v) is 4.49. The molecule has 2 aromatic carbocycles. The lowest BCUT2D eigenvalue weighted by Crippen LogP contribution is -2.35. The SMILES string of the molecule is CCCCOc1nc(N2CCCC2)nc2ccc(Oc3ccc(NC(=O)[C@@H]4CCCN4)cc3)cc12. The molecule has 2 aliphatic rings. The number of nitrogens with zero attached hydrogens (tertiary/aromatic N) is 3. The fraction of sp³-hybridized carbons (Fsp3) is 0.444. The van der Waals surface area contributed by atoms with Crippen molar-refractivity contribution in [3.8, 4) is 17.4 Å². The van der Waals surface area contributed by atoms with Gasteiger partial charge in [-0.2, -0.15) is 4.98 Å². The van der Waals surface area contributed by atoms with Gasteiger partial charge in [0.2, 0.25) is 17.7 Å². The average molecular weight is 476 g/mol. The quantitative estimate of drug-likeness (QED) is 0.426. The number of benzene rings is 2. The Morgan fingerprint density at radius 3 is 2.63 bits per heavy atom. The van der Waals surface area contributed by atoms with Crippen LogP contribution in [0, 0.1) is 0 Å². The number of carbonyl (C=O) groups is 1. The molecule has 8 heteroatoms. The van der Waals surface area contributed by atoms with Gasteiger partial charge in [-0.25, -0.2) is 4.98 Å². The predicted molar refractivity (Wildman–Crippen MR) is 138 cm³/mol. The number of fused-ring (bicyclic) bond motifs is 1. The van der Waals surface area contributed by atoms with Crippen LogP contribution in [0.2, 0.25) is 0 Å². The highest BCUT2D eigenvalue weighted by molar-refractivity contribution is 5.95. The molecule has 8 nitrogen and oxygen atoms in total. The summed E-state index contributed by atoms with van der Waals surface area (Å²) in [7, 11) is 0. The summed E-state index contributed by atoms with van der Waals surface area (Å²) in [6, 6.07) is 13.1. The monoisotopic (exact) mass is 475 g/mol. The molecule has 0 aliphatic carbocycles. The first-order valence-corrected chi connectivity index (χ1v) is 12.7. The van der Waals surface area contributed by atoms with Crippen LogP contribution in [0.3, 0.4) is 0 Å². The molecule has 35 heavy (non-hydrogen) atoms. The van der Waals surface area contributed by atoms with Crippen LogP contribution in [0.15, 0.2) is 42.5 Å². The summed E-state index contributed by atoms with van der Waals surface area (Å²) in [5.41, 5.74) is 1.60. The van der Waals surface area contributed by atoms with Gasteiger partial charge in [0.1, 0.15) is 11.5 Å². The first-order valence-electron chi connectivity index (χ1n) is 12.7. The Balaban J connectivity index is 1.32. The third-order valence-corrected chi connectivity index (χ3v) is 6.48. The smallest absolute Gasteiger partial charge is 0.241 e. The number of aromatic nitrogens is 2. The van der Waals surface area contributed by atoms with E-state index in [4.69, 9.17) is 19.4 Å². The van der Waals surface area contributed by atoms with Crippen LogP contribution in [-0.4, -0.2) is 48.2 Å². The number of hydrogen-bond acceptors (Lipinski definition) is 7. The molecular weight excluding hydrogens is 442 g/mol. The average Bonchev–Trinajstić information content (AvgIpc) is 3.60. The summed E-state index contributed by atoms with van der Waals surface area (Å²) in [5, 5.41) is 7.02. The number of ether oxygens (including phenoxy) is 2. The summed E-state index contributed by atoms with van der Waals surface area (Å²) in [6.45, 7) is 5.62. The molecule has 3 aromatic rings. The van der Waals surface area contributed by atoms with Crippen molar-refractivity contribution < 1.29 is 14.3 Å². The normalized spacial score (nSPS) is 17.6. The van der Waals surface area contributed by atoms with E-state index in [1.54, 1.807) is 0 Å². The lowest BCUT2D eigenvalue weighted by molar-refractivity contribution is -0.117. The number of nitrogens with one attached hydrogen (secondary N) is 2. The zero-order valence-electron chi connectivity index (χ0n) is 20.3. The number of hydrogen-bond donors (Lipinski definition) is 2. The highest BCUT2D eigenvalue weighted by atomic mass is 16.5. The Morgan fingerprint density at radius 2 is 1.89 bits per heavy atom. The molecule has 3 heterocycles. The van der Waals surface area contributed by atoms with E-state index >= 15 is 0 Å². The number of carbonyl (C=O) groups excluding carboxylic acids is 1. The van der Waals surface area contributed by atoms with E-state index in [-0.39, 0.29) is 11.9 Å². The Kier molecular flexibility index (Phi) is 7.28. The van der Waals surface area contributed by atoms with Gasteiger partial charge in [0, 0.05) is 18.8 Å². The molecule has 0 unspecified atom stereocenters. The zero-order valence-corrected chi connectivity index (χ0v) is 20.3. The van der Waals surface area contributed by atoms with Crippen LogP contribution in [0.5, 0.6) is 17.4 Å². The van der Waals surface area contributed by atoms with Gasteiger partial charge in [-0.15, -0.1) is 0 Å². The Hall–Kier alpha value is -3.39. The zero-order chi connectivity index (χ0) is 24.0. The van der Waals surface area contributed by atoms with Crippen LogP contribution in [0.4, 0.5) is 11.6 Å². The topological polar surface area (TPSA) is 88.6 Å². The lowest BCUT2D eigenvalue weighted by atomic mass is 10.2. The summed E-state index contributed by atoms with van der Waals surface area (Å²) in [4.78, 5) is 24.1. The van der Waals surface area contributed by atoms with Crippen molar-refractivity contribution in [1.29, 1.82) is 0 Å². The van der Waals surface area contributed by atoms with Gasteiger partial charge >= 0.3 is 0 Å². The predicted octanol–water partition coefficient (Wildman–Crippen LogP) is 4.89. The van der Waals surface area contributed by atoms with Crippen molar-refractivity contribution in [2.75, 3.05) is 36.5 Å². The largest absolute Gasteiger partial charge is 0.477 e. The summed E-state index contributed by atoms with van der Waals surface area (Å²) >= 11 is 0.